The van der Waals surface area contributed by atoms with Gasteiger partial charge >= 0.3 is 0 Å². The van der Waals surface area contributed by atoms with Gasteiger partial charge in [-0.3, -0.25) is 14.9 Å². The summed E-state index contributed by atoms with van der Waals surface area (Å²) in [5, 5.41) is 8.41. The summed E-state index contributed by atoms with van der Waals surface area (Å²) < 4.78 is 2.07. The first-order chi connectivity index (χ1) is 13.6. The highest BCUT2D eigenvalue weighted by Crippen LogP contribution is 2.33. The molecule has 5 nitrogen and oxygen atoms in total. The molecule has 1 unspecified atom stereocenters. The Morgan fingerprint density at radius 2 is 2.14 bits per heavy atom. The summed E-state index contributed by atoms with van der Waals surface area (Å²) in [6, 6.07) is 11.8. The van der Waals surface area contributed by atoms with Gasteiger partial charge in [-0.2, -0.15) is 0 Å². The van der Waals surface area contributed by atoms with Crippen LogP contribution in [0.5, 0.6) is 0 Å². The van der Waals surface area contributed by atoms with E-state index in [0.717, 1.165) is 33.6 Å². The molecule has 0 bridgehead atoms. The number of Topliss-reactive ketones (excluding diaryl/α,β-unsaturated/α-hetero) is 1. The topological polar surface area (TPSA) is 64.0 Å². The molecule has 3 aromatic heterocycles. The molecule has 1 aliphatic heterocycles. The number of ketones is 1. The average molecular weight is 408 g/mol. The number of fused-ring (bicyclic) bond motifs is 3. The lowest BCUT2D eigenvalue weighted by molar-refractivity contribution is 0.0946. The molecule has 1 N–H and O–H groups in total. The van der Waals surface area contributed by atoms with Gasteiger partial charge in [-0.15, -0.1) is 22.7 Å². The van der Waals surface area contributed by atoms with E-state index >= 15 is 0 Å². The van der Waals surface area contributed by atoms with Crippen LogP contribution >= 0.6 is 22.7 Å². The zero-order valence-electron chi connectivity index (χ0n) is 15.1. The lowest BCUT2D eigenvalue weighted by Gasteiger charge is -2.22. The van der Waals surface area contributed by atoms with E-state index in [-0.39, 0.29) is 17.7 Å². The Kier molecular flexibility index (Phi) is 4.14. The molecule has 1 aliphatic rings. The molecule has 1 atom stereocenters. The van der Waals surface area contributed by atoms with Gasteiger partial charge in [0.05, 0.1) is 16.3 Å². The molecule has 0 aliphatic carbocycles. The van der Waals surface area contributed by atoms with Crippen LogP contribution in [0.3, 0.4) is 0 Å². The smallest absolute Gasteiger partial charge is 0.257 e. The van der Waals surface area contributed by atoms with Gasteiger partial charge in [0.2, 0.25) is 0 Å². The SMILES string of the molecule is CC1CCC(=O)c2cc3ccc(C(=O)Nc4nc(-c5cccs5)cs4)cc3n21. The predicted molar refractivity (Wildman–Crippen MR) is 114 cm³/mol. The van der Waals surface area contributed by atoms with Crippen LogP contribution in [0.2, 0.25) is 0 Å². The van der Waals surface area contributed by atoms with Gasteiger partial charge in [0.25, 0.3) is 5.91 Å². The third-order valence-corrected chi connectivity index (χ3v) is 6.77. The van der Waals surface area contributed by atoms with E-state index in [2.05, 4.69) is 21.8 Å². The number of thiophene rings is 1. The molecule has 1 aromatic carbocycles. The van der Waals surface area contributed by atoms with Crippen molar-refractivity contribution in [3.05, 3.63) is 58.4 Å². The molecule has 28 heavy (non-hydrogen) atoms. The van der Waals surface area contributed by atoms with Crippen LogP contribution in [0.15, 0.2) is 47.2 Å². The lowest BCUT2D eigenvalue weighted by atomic mass is 10.0. The second kappa shape index (κ2) is 6.68. The number of nitrogens with zero attached hydrogens (tertiary/aromatic N) is 2. The van der Waals surface area contributed by atoms with Gasteiger partial charge in [0, 0.05) is 34.3 Å². The molecule has 5 rings (SSSR count). The number of benzene rings is 1. The summed E-state index contributed by atoms with van der Waals surface area (Å²) in [5.41, 5.74) is 3.11. The van der Waals surface area contributed by atoms with E-state index in [4.69, 9.17) is 0 Å². The molecule has 1 amide bonds. The largest absolute Gasteiger partial charge is 0.335 e. The molecule has 4 aromatic rings. The summed E-state index contributed by atoms with van der Waals surface area (Å²) in [7, 11) is 0. The first-order valence-electron chi connectivity index (χ1n) is 9.09. The second-order valence-electron chi connectivity index (χ2n) is 6.95. The molecule has 4 heterocycles. The molecule has 7 heteroatoms. The minimum Gasteiger partial charge on any atom is -0.335 e. The number of thiazole rings is 1. The number of hydrogen-bond acceptors (Lipinski definition) is 5. The van der Waals surface area contributed by atoms with E-state index in [9.17, 15) is 9.59 Å². The number of anilines is 1. The van der Waals surface area contributed by atoms with Crippen molar-refractivity contribution in [1.82, 2.24) is 9.55 Å². The number of rotatable bonds is 3. The molecule has 0 fully saturated rings. The molecule has 0 spiro atoms. The van der Waals surface area contributed by atoms with Crippen molar-refractivity contribution in [2.75, 3.05) is 5.32 Å². The van der Waals surface area contributed by atoms with Crippen molar-refractivity contribution >= 4 is 50.4 Å². The monoisotopic (exact) mass is 407 g/mol. The van der Waals surface area contributed by atoms with Crippen molar-refractivity contribution in [2.45, 2.75) is 25.8 Å². The van der Waals surface area contributed by atoms with Gasteiger partial charge in [0.1, 0.15) is 0 Å². The molecule has 0 saturated heterocycles. The zero-order chi connectivity index (χ0) is 19.3. The Bertz CT molecular complexity index is 1200. The summed E-state index contributed by atoms with van der Waals surface area (Å²) in [6.45, 7) is 2.11. The Morgan fingerprint density at radius 3 is 2.96 bits per heavy atom. The highest BCUT2D eigenvalue weighted by molar-refractivity contribution is 7.16. The minimum absolute atomic E-state index is 0.171. The first kappa shape index (κ1) is 17.3. The van der Waals surface area contributed by atoms with Crippen molar-refractivity contribution in [2.24, 2.45) is 0 Å². The Balaban J connectivity index is 1.45. The number of hydrogen-bond donors (Lipinski definition) is 1. The molecule has 140 valence electrons. The van der Waals surface area contributed by atoms with E-state index in [0.29, 0.717) is 17.1 Å². The Labute approximate surface area is 169 Å². The van der Waals surface area contributed by atoms with Crippen molar-refractivity contribution in [3.8, 4) is 10.6 Å². The van der Waals surface area contributed by atoms with Crippen LogP contribution in [-0.2, 0) is 0 Å². The quantitative estimate of drug-likeness (QED) is 0.480. The van der Waals surface area contributed by atoms with Crippen LogP contribution in [-0.4, -0.2) is 21.2 Å². The first-order valence-corrected chi connectivity index (χ1v) is 10.8. The number of nitrogens with one attached hydrogen (secondary N) is 1. The zero-order valence-corrected chi connectivity index (χ0v) is 16.8. The van der Waals surface area contributed by atoms with E-state index in [1.807, 2.05) is 41.1 Å². The standard InChI is InChI=1S/C21H17N3O2S2/c1-12-4-7-18(25)17-9-13-5-6-14(10-16(13)24(12)17)20(26)23-21-22-15(11-28-21)19-3-2-8-27-19/h2-3,5-6,8-12H,4,7H2,1H3,(H,22,23,26). The number of aromatic nitrogens is 2. The van der Waals surface area contributed by atoms with Gasteiger partial charge < -0.3 is 4.57 Å². The van der Waals surface area contributed by atoms with Gasteiger partial charge in [-0.1, -0.05) is 12.1 Å². The Hall–Kier alpha value is -2.77. The molecule has 0 saturated carbocycles. The van der Waals surface area contributed by atoms with Crippen LogP contribution in [0.4, 0.5) is 5.13 Å². The normalized spacial score (nSPS) is 16.3. The second-order valence-corrected chi connectivity index (χ2v) is 8.76. The fourth-order valence-corrected chi connectivity index (χ4v) is 5.15. The average Bonchev–Trinajstić information content (AvgIpc) is 3.43. The maximum atomic E-state index is 12.8. The number of carbonyl (C=O) groups excluding carboxylic acids is 2. The third kappa shape index (κ3) is 2.87. The van der Waals surface area contributed by atoms with E-state index in [1.165, 1.54) is 11.3 Å². The number of carbonyl (C=O) groups is 2. The van der Waals surface area contributed by atoms with E-state index in [1.54, 1.807) is 17.4 Å². The van der Waals surface area contributed by atoms with Crippen LogP contribution < -0.4 is 5.32 Å². The van der Waals surface area contributed by atoms with Crippen molar-refractivity contribution < 1.29 is 9.59 Å². The van der Waals surface area contributed by atoms with Gasteiger partial charge in [0.15, 0.2) is 10.9 Å². The summed E-state index contributed by atoms with van der Waals surface area (Å²) in [4.78, 5) is 30.6. The highest BCUT2D eigenvalue weighted by Gasteiger charge is 2.25. The predicted octanol–water partition coefficient (Wildman–Crippen LogP) is 5.62. The summed E-state index contributed by atoms with van der Waals surface area (Å²) in [5.74, 6) is -0.0245. The fourth-order valence-electron chi connectivity index (χ4n) is 3.69. The molecular formula is C21H17N3O2S2. The van der Waals surface area contributed by atoms with Crippen LogP contribution in [0.25, 0.3) is 21.5 Å². The van der Waals surface area contributed by atoms with Crippen LogP contribution in [0.1, 0.15) is 46.7 Å². The maximum Gasteiger partial charge on any atom is 0.257 e. The molecular weight excluding hydrogens is 390 g/mol. The van der Waals surface area contributed by atoms with Gasteiger partial charge in [-0.25, -0.2) is 4.98 Å². The summed E-state index contributed by atoms with van der Waals surface area (Å²) >= 11 is 3.03. The number of amides is 1. The van der Waals surface area contributed by atoms with Crippen molar-refractivity contribution in [3.63, 3.8) is 0 Å². The maximum absolute atomic E-state index is 12.8. The highest BCUT2D eigenvalue weighted by atomic mass is 32.1. The van der Waals surface area contributed by atoms with Crippen molar-refractivity contribution in [1.29, 1.82) is 0 Å². The fraction of sp³-hybridized carbons (Fsp3) is 0.190. The van der Waals surface area contributed by atoms with E-state index < -0.39 is 0 Å². The Morgan fingerprint density at radius 1 is 1.25 bits per heavy atom. The minimum atomic E-state index is -0.195. The van der Waals surface area contributed by atoms with Crippen LogP contribution in [0, 0.1) is 0 Å². The lowest BCUT2D eigenvalue weighted by Crippen LogP contribution is -2.20. The summed E-state index contributed by atoms with van der Waals surface area (Å²) in [6.07, 6.45) is 1.41. The van der Waals surface area contributed by atoms with Gasteiger partial charge in [-0.05, 0) is 43.0 Å². The molecule has 0 radical (unpaired) electrons. The third-order valence-electron chi connectivity index (χ3n) is 5.12.